The molecule has 36 heavy (non-hydrogen) atoms. The van der Waals surface area contributed by atoms with Crippen molar-refractivity contribution in [1.82, 2.24) is 25.3 Å². The third kappa shape index (κ3) is 7.08. The highest BCUT2D eigenvalue weighted by Crippen LogP contribution is 2.37. The summed E-state index contributed by atoms with van der Waals surface area (Å²) in [4.78, 5) is 35.5. The molecule has 3 saturated heterocycles. The minimum Gasteiger partial charge on any atom is -0.353 e. The monoisotopic (exact) mass is 501 g/mol. The Morgan fingerprint density at radius 3 is 2.64 bits per heavy atom. The van der Waals surface area contributed by atoms with Gasteiger partial charge in [-0.1, -0.05) is 39.8 Å². The Labute approximate surface area is 216 Å². The van der Waals surface area contributed by atoms with Crippen LogP contribution in [0.2, 0.25) is 0 Å². The largest absolute Gasteiger partial charge is 0.353 e. The number of likely N-dealkylation sites (tertiary alicyclic amines) is 1. The zero-order chi connectivity index (χ0) is 25.8. The minimum atomic E-state index is 0.159. The first-order chi connectivity index (χ1) is 17.2. The average molecular weight is 502 g/mol. The molecule has 2 bridgehead atoms. The summed E-state index contributed by atoms with van der Waals surface area (Å²) in [7, 11) is 0. The van der Waals surface area contributed by atoms with Crippen LogP contribution in [-0.2, 0) is 22.6 Å². The number of piperidine rings is 2. The summed E-state index contributed by atoms with van der Waals surface area (Å²) in [6, 6.07) is 0.400. The second kappa shape index (κ2) is 12.1. The Kier molecular flexibility index (Phi) is 9.07. The second-order valence-electron chi connectivity index (χ2n) is 12.6. The summed E-state index contributed by atoms with van der Waals surface area (Å²) < 4.78 is 5.46. The van der Waals surface area contributed by atoms with E-state index in [1.54, 1.807) is 0 Å². The van der Waals surface area contributed by atoms with E-state index in [9.17, 15) is 9.59 Å². The number of nitrogens with zero attached hydrogens (tertiary/aromatic N) is 4. The molecule has 0 radical (unpaired) electrons. The van der Waals surface area contributed by atoms with Crippen LogP contribution in [0.15, 0.2) is 4.52 Å². The van der Waals surface area contributed by atoms with Gasteiger partial charge in [-0.25, -0.2) is 0 Å². The number of amides is 2. The van der Waals surface area contributed by atoms with Crippen LogP contribution < -0.4 is 5.32 Å². The summed E-state index contributed by atoms with van der Waals surface area (Å²) in [5.74, 6) is 4.07. The highest BCUT2D eigenvalue weighted by molar-refractivity contribution is 5.77. The first kappa shape index (κ1) is 27.1. The summed E-state index contributed by atoms with van der Waals surface area (Å²) in [5.41, 5.74) is 0. The smallest absolute Gasteiger partial charge is 0.226 e. The Hall–Kier alpha value is -1.96. The normalized spacial score (nSPS) is 31.0. The summed E-state index contributed by atoms with van der Waals surface area (Å²) >= 11 is 0. The topological polar surface area (TPSA) is 91.6 Å². The molecule has 1 aromatic heterocycles. The minimum absolute atomic E-state index is 0.159. The van der Waals surface area contributed by atoms with Crippen LogP contribution in [0.5, 0.6) is 0 Å². The molecule has 5 atom stereocenters. The van der Waals surface area contributed by atoms with Crippen LogP contribution in [0.25, 0.3) is 0 Å². The van der Waals surface area contributed by atoms with E-state index in [1.807, 2.05) is 0 Å². The van der Waals surface area contributed by atoms with Gasteiger partial charge in [0.1, 0.15) is 0 Å². The maximum absolute atomic E-state index is 13.5. The summed E-state index contributed by atoms with van der Waals surface area (Å²) in [6.07, 6.45) is 6.75. The van der Waals surface area contributed by atoms with Crippen molar-refractivity contribution in [2.24, 2.45) is 29.6 Å². The molecule has 4 heterocycles. The number of rotatable bonds is 5. The van der Waals surface area contributed by atoms with E-state index < -0.39 is 0 Å². The van der Waals surface area contributed by atoms with Crippen molar-refractivity contribution >= 4 is 11.8 Å². The van der Waals surface area contributed by atoms with E-state index >= 15 is 0 Å². The SMILES string of the molecule is CC(C)Cc1nc(CN2C[C@@H]3C[C@@H](C2)[C@@H]2CCCC(=O)N[C@H](C(C)C)CC[C@@H](C)CC(=O)N2C3)no1. The van der Waals surface area contributed by atoms with Gasteiger partial charge in [0.05, 0.1) is 6.54 Å². The molecular weight excluding hydrogens is 454 g/mol. The average Bonchev–Trinajstić information content (AvgIpc) is 3.22. The Bertz CT molecular complexity index is 884. The molecular formula is C28H47N5O3. The third-order valence-electron chi connectivity index (χ3n) is 8.37. The van der Waals surface area contributed by atoms with E-state index in [1.165, 1.54) is 0 Å². The molecule has 3 fully saturated rings. The van der Waals surface area contributed by atoms with Crippen molar-refractivity contribution in [2.45, 2.75) is 105 Å². The fourth-order valence-electron chi connectivity index (χ4n) is 6.53. The first-order valence-electron chi connectivity index (χ1n) is 14.3. The van der Waals surface area contributed by atoms with Crippen molar-refractivity contribution in [1.29, 1.82) is 0 Å². The van der Waals surface area contributed by atoms with E-state index in [2.05, 4.69) is 59.9 Å². The van der Waals surface area contributed by atoms with Crippen LogP contribution in [0.4, 0.5) is 0 Å². The lowest BCUT2D eigenvalue weighted by atomic mass is 9.77. The molecule has 0 aliphatic carbocycles. The predicted molar refractivity (Wildman–Crippen MR) is 139 cm³/mol. The zero-order valence-electron chi connectivity index (χ0n) is 23.0. The number of nitrogens with one attached hydrogen (secondary N) is 1. The van der Waals surface area contributed by atoms with E-state index in [-0.39, 0.29) is 18.0 Å². The molecule has 0 spiro atoms. The molecule has 1 N–H and O–H groups in total. The molecule has 3 aliphatic rings. The van der Waals surface area contributed by atoms with Crippen LogP contribution in [0.3, 0.4) is 0 Å². The van der Waals surface area contributed by atoms with E-state index in [0.717, 1.165) is 69.9 Å². The lowest BCUT2D eigenvalue weighted by Gasteiger charge is -2.51. The maximum atomic E-state index is 13.5. The number of hydrogen-bond acceptors (Lipinski definition) is 6. The van der Waals surface area contributed by atoms with E-state index in [0.29, 0.717) is 54.9 Å². The predicted octanol–water partition coefficient (Wildman–Crippen LogP) is 4.05. The van der Waals surface area contributed by atoms with Gasteiger partial charge in [-0.05, 0) is 61.7 Å². The van der Waals surface area contributed by atoms with Gasteiger partial charge < -0.3 is 14.7 Å². The molecule has 8 nitrogen and oxygen atoms in total. The summed E-state index contributed by atoms with van der Waals surface area (Å²) in [5, 5.41) is 7.51. The van der Waals surface area contributed by atoms with Crippen molar-refractivity contribution in [3.8, 4) is 0 Å². The molecule has 4 rings (SSSR count). The molecule has 3 aliphatic heterocycles. The van der Waals surface area contributed by atoms with Crippen molar-refractivity contribution in [2.75, 3.05) is 19.6 Å². The van der Waals surface area contributed by atoms with Crippen LogP contribution in [-0.4, -0.2) is 63.5 Å². The standard InChI is InChI=1S/C28H47N5O3/c1-18(2)11-27-30-25(31-36-27)17-32-14-21-13-22(16-32)24-7-6-8-26(34)29-23(19(3)4)10-9-20(5)12-28(35)33(24)15-21/h18-24H,6-17H2,1-5H3,(H,29,34)/t20-,21+,22+,23+,24+/m1/s1. The van der Waals surface area contributed by atoms with Gasteiger partial charge in [0, 0.05) is 51.0 Å². The van der Waals surface area contributed by atoms with E-state index in [4.69, 9.17) is 4.52 Å². The number of fused-ring (bicyclic) bond motifs is 4. The van der Waals surface area contributed by atoms with Gasteiger partial charge in [-0.15, -0.1) is 0 Å². The number of aromatic nitrogens is 2. The Balaban J connectivity index is 1.44. The van der Waals surface area contributed by atoms with Crippen LogP contribution in [0.1, 0.15) is 91.3 Å². The van der Waals surface area contributed by atoms with Crippen LogP contribution >= 0.6 is 0 Å². The highest BCUT2D eigenvalue weighted by atomic mass is 16.5. The molecule has 2 amide bonds. The molecule has 1 aromatic rings. The van der Waals surface area contributed by atoms with Gasteiger partial charge >= 0.3 is 0 Å². The second-order valence-corrected chi connectivity index (χ2v) is 12.6. The molecule has 0 saturated carbocycles. The van der Waals surface area contributed by atoms with Gasteiger partial charge in [-0.2, -0.15) is 4.98 Å². The van der Waals surface area contributed by atoms with Crippen molar-refractivity contribution < 1.29 is 14.1 Å². The fraction of sp³-hybridized carbons (Fsp3) is 0.857. The lowest BCUT2D eigenvalue weighted by molar-refractivity contribution is -0.142. The van der Waals surface area contributed by atoms with Gasteiger partial charge in [0.2, 0.25) is 17.7 Å². The van der Waals surface area contributed by atoms with Gasteiger partial charge in [0.15, 0.2) is 5.82 Å². The van der Waals surface area contributed by atoms with Gasteiger partial charge in [-0.3, -0.25) is 14.5 Å². The molecule has 0 unspecified atom stereocenters. The highest BCUT2D eigenvalue weighted by Gasteiger charge is 2.42. The third-order valence-corrected chi connectivity index (χ3v) is 8.37. The first-order valence-corrected chi connectivity index (χ1v) is 14.3. The summed E-state index contributed by atoms with van der Waals surface area (Å²) in [6.45, 7) is 14.3. The maximum Gasteiger partial charge on any atom is 0.226 e. The zero-order valence-corrected chi connectivity index (χ0v) is 23.0. The lowest BCUT2D eigenvalue weighted by Crippen LogP contribution is -2.59. The van der Waals surface area contributed by atoms with Crippen molar-refractivity contribution in [3.63, 3.8) is 0 Å². The molecule has 0 aromatic carbocycles. The fourth-order valence-corrected chi connectivity index (χ4v) is 6.53. The van der Waals surface area contributed by atoms with Crippen molar-refractivity contribution in [3.05, 3.63) is 11.7 Å². The number of hydrogen-bond donors (Lipinski definition) is 1. The Morgan fingerprint density at radius 2 is 1.89 bits per heavy atom. The van der Waals surface area contributed by atoms with Crippen LogP contribution in [0, 0.1) is 29.6 Å². The quantitative estimate of drug-likeness (QED) is 0.655. The number of carbonyl (C=O) groups excluding carboxylic acids is 2. The Morgan fingerprint density at radius 1 is 1.08 bits per heavy atom. The van der Waals surface area contributed by atoms with Gasteiger partial charge in [0.25, 0.3) is 0 Å². The number of carbonyl (C=O) groups is 2. The molecule has 202 valence electrons. The molecule has 8 heteroatoms.